The van der Waals surface area contributed by atoms with Crippen molar-refractivity contribution in [1.29, 1.82) is 0 Å². The number of pyridine rings is 1. The molecule has 1 aliphatic carbocycles. The number of aldehydes is 2. The van der Waals surface area contributed by atoms with Gasteiger partial charge in [0.2, 0.25) is 0 Å². The number of aromatic nitrogens is 1. The summed E-state index contributed by atoms with van der Waals surface area (Å²) >= 11 is 0. The molecule has 0 N–H and O–H groups in total. The number of hydrogen-bond acceptors (Lipinski definition) is 3. The van der Waals surface area contributed by atoms with E-state index in [2.05, 4.69) is 4.98 Å². The first kappa shape index (κ1) is 9.90. The molecule has 0 saturated heterocycles. The van der Waals surface area contributed by atoms with Crippen LogP contribution < -0.4 is 0 Å². The van der Waals surface area contributed by atoms with Crippen LogP contribution in [0.3, 0.4) is 0 Å². The highest BCUT2D eigenvalue weighted by atomic mass is 16.1. The zero-order valence-corrected chi connectivity index (χ0v) is 9.01. The number of rotatable bonds is 2. The predicted molar refractivity (Wildman–Crippen MR) is 63.3 cm³/mol. The van der Waals surface area contributed by atoms with E-state index in [0.717, 1.165) is 23.0 Å². The summed E-state index contributed by atoms with van der Waals surface area (Å²) in [6, 6.07) is 7.98. The quantitative estimate of drug-likeness (QED) is 0.626. The fourth-order valence-corrected chi connectivity index (χ4v) is 2.36. The normalized spacial score (nSPS) is 11.8. The lowest BCUT2D eigenvalue weighted by molar-refractivity contribution is 0.109. The molecule has 3 rings (SSSR count). The summed E-state index contributed by atoms with van der Waals surface area (Å²) in [5.74, 6) is 0. The highest BCUT2D eigenvalue weighted by Gasteiger charge is 2.22. The zero-order chi connectivity index (χ0) is 11.8. The van der Waals surface area contributed by atoms with Crippen molar-refractivity contribution in [3.8, 4) is 11.1 Å². The maximum absolute atomic E-state index is 11.1. The van der Waals surface area contributed by atoms with Crippen LogP contribution in [0, 0.1) is 0 Å². The second-order valence-electron chi connectivity index (χ2n) is 4.02. The Hall–Kier alpha value is -2.29. The SMILES string of the molecule is O=Cc1ncc2c(c1C=O)Cc1ccccc1-2. The molecule has 0 spiro atoms. The van der Waals surface area contributed by atoms with Crippen LogP contribution in [-0.4, -0.2) is 17.6 Å². The van der Waals surface area contributed by atoms with Gasteiger partial charge in [0.05, 0.1) is 0 Å². The monoisotopic (exact) mass is 223 g/mol. The van der Waals surface area contributed by atoms with Crippen LogP contribution in [0.4, 0.5) is 0 Å². The summed E-state index contributed by atoms with van der Waals surface area (Å²) in [6.45, 7) is 0. The molecule has 2 aromatic rings. The number of nitrogens with zero attached hydrogens (tertiary/aromatic N) is 1. The lowest BCUT2D eigenvalue weighted by Gasteiger charge is -2.04. The van der Waals surface area contributed by atoms with Gasteiger partial charge in [-0.2, -0.15) is 0 Å². The molecule has 1 aliphatic rings. The Kier molecular flexibility index (Phi) is 2.11. The highest BCUT2D eigenvalue weighted by Crippen LogP contribution is 2.37. The third-order valence-electron chi connectivity index (χ3n) is 3.16. The van der Waals surface area contributed by atoms with E-state index in [1.165, 1.54) is 5.56 Å². The number of fused-ring (bicyclic) bond motifs is 3. The Labute approximate surface area is 98.1 Å². The second kappa shape index (κ2) is 3.63. The average Bonchev–Trinajstić information content (AvgIpc) is 2.75. The van der Waals surface area contributed by atoms with Gasteiger partial charge in [-0.3, -0.25) is 14.6 Å². The predicted octanol–water partition coefficient (Wildman–Crippen LogP) is 2.28. The molecule has 0 saturated carbocycles. The number of carbonyl (C=O) groups is 2. The molecule has 0 unspecified atom stereocenters. The van der Waals surface area contributed by atoms with Crippen molar-refractivity contribution in [2.75, 3.05) is 0 Å². The van der Waals surface area contributed by atoms with Crippen LogP contribution in [0.2, 0.25) is 0 Å². The van der Waals surface area contributed by atoms with Gasteiger partial charge in [-0.1, -0.05) is 24.3 Å². The van der Waals surface area contributed by atoms with Crippen LogP contribution in [-0.2, 0) is 6.42 Å². The molecule has 82 valence electrons. The average molecular weight is 223 g/mol. The van der Waals surface area contributed by atoms with E-state index < -0.39 is 0 Å². The van der Waals surface area contributed by atoms with Gasteiger partial charge in [0, 0.05) is 17.3 Å². The van der Waals surface area contributed by atoms with Crippen molar-refractivity contribution in [3.05, 3.63) is 52.8 Å². The molecular formula is C14H9NO2. The summed E-state index contributed by atoms with van der Waals surface area (Å²) in [5, 5.41) is 0. The molecule has 3 nitrogen and oxygen atoms in total. The largest absolute Gasteiger partial charge is 0.298 e. The summed E-state index contributed by atoms with van der Waals surface area (Å²) in [5.41, 5.74) is 4.82. The molecule has 17 heavy (non-hydrogen) atoms. The number of carbonyl (C=O) groups excluding carboxylic acids is 2. The summed E-state index contributed by atoms with van der Waals surface area (Å²) in [4.78, 5) is 26.0. The minimum Gasteiger partial charge on any atom is -0.298 e. The lowest BCUT2D eigenvalue weighted by atomic mass is 10.0. The standard InChI is InChI=1S/C14H9NO2/c16-7-13-11-5-9-3-1-2-4-10(9)12(11)6-15-14(13)8-17/h1-4,6-8H,5H2. The van der Waals surface area contributed by atoms with Crippen LogP contribution in [0.25, 0.3) is 11.1 Å². The molecule has 0 radical (unpaired) electrons. The zero-order valence-electron chi connectivity index (χ0n) is 9.01. The van der Waals surface area contributed by atoms with Crippen molar-refractivity contribution in [3.63, 3.8) is 0 Å². The molecule has 0 amide bonds. The van der Waals surface area contributed by atoms with E-state index in [-0.39, 0.29) is 5.69 Å². The fraction of sp³-hybridized carbons (Fsp3) is 0.0714. The molecule has 1 aromatic heterocycles. The molecular weight excluding hydrogens is 214 g/mol. The second-order valence-corrected chi connectivity index (χ2v) is 4.02. The Bertz CT molecular complexity index is 632. The Morgan fingerprint density at radius 2 is 1.88 bits per heavy atom. The summed E-state index contributed by atoms with van der Waals surface area (Å²) < 4.78 is 0. The van der Waals surface area contributed by atoms with Gasteiger partial charge in [0.25, 0.3) is 0 Å². The van der Waals surface area contributed by atoms with Gasteiger partial charge in [-0.25, -0.2) is 0 Å². The van der Waals surface area contributed by atoms with Gasteiger partial charge >= 0.3 is 0 Å². The maximum atomic E-state index is 11.1. The smallest absolute Gasteiger partial charge is 0.169 e. The van der Waals surface area contributed by atoms with E-state index >= 15 is 0 Å². The summed E-state index contributed by atoms with van der Waals surface area (Å²) in [6.07, 6.45) is 3.73. The first-order chi connectivity index (χ1) is 8.35. The number of hydrogen-bond donors (Lipinski definition) is 0. The van der Waals surface area contributed by atoms with E-state index in [4.69, 9.17) is 0 Å². The molecule has 0 atom stereocenters. The van der Waals surface area contributed by atoms with Crippen molar-refractivity contribution >= 4 is 12.6 Å². The first-order valence-corrected chi connectivity index (χ1v) is 5.35. The molecule has 0 fully saturated rings. The van der Waals surface area contributed by atoms with Crippen LogP contribution in [0.5, 0.6) is 0 Å². The molecule has 0 aliphatic heterocycles. The molecule has 1 heterocycles. The molecule has 0 bridgehead atoms. The van der Waals surface area contributed by atoms with Crippen LogP contribution in [0.15, 0.2) is 30.5 Å². The van der Waals surface area contributed by atoms with Crippen LogP contribution >= 0.6 is 0 Å². The van der Waals surface area contributed by atoms with Gasteiger partial charge in [-0.05, 0) is 23.1 Å². The highest BCUT2D eigenvalue weighted by molar-refractivity contribution is 5.94. The minimum atomic E-state index is 0.228. The lowest BCUT2D eigenvalue weighted by Crippen LogP contribution is -2.00. The van der Waals surface area contributed by atoms with Gasteiger partial charge in [-0.15, -0.1) is 0 Å². The summed E-state index contributed by atoms with van der Waals surface area (Å²) in [7, 11) is 0. The Morgan fingerprint density at radius 3 is 2.65 bits per heavy atom. The Balaban J connectivity index is 2.30. The first-order valence-electron chi connectivity index (χ1n) is 5.35. The van der Waals surface area contributed by atoms with Crippen molar-refractivity contribution in [2.45, 2.75) is 6.42 Å². The topological polar surface area (TPSA) is 47.0 Å². The van der Waals surface area contributed by atoms with Crippen molar-refractivity contribution in [2.24, 2.45) is 0 Å². The Morgan fingerprint density at radius 1 is 1.06 bits per heavy atom. The third-order valence-corrected chi connectivity index (χ3v) is 3.16. The minimum absolute atomic E-state index is 0.228. The van der Waals surface area contributed by atoms with E-state index in [9.17, 15) is 9.59 Å². The van der Waals surface area contributed by atoms with Gasteiger partial charge in [0.15, 0.2) is 12.6 Å². The number of benzene rings is 1. The third kappa shape index (κ3) is 1.32. The molecule has 1 aromatic carbocycles. The van der Waals surface area contributed by atoms with Crippen molar-refractivity contribution < 1.29 is 9.59 Å². The van der Waals surface area contributed by atoms with E-state index in [0.29, 0.717) is 18.3 Å². The van der Waals surface area contributed by atoms with E-state index in [1.54, 1.807) is 6.20 Å². The fourth-order valence-electron chi connectivity index (χ4n) is 2.36. The molecule has 3 heteroatoms. The van der Waals surface area contributed by atoms with Gasteiger partial charge in [0.1, 0.15) is 5.69 Å². The van der Waals surface area contributed by atoms with Gasteiger partial charge < -0.3 is 0 Å². The van der Waals surface area contributed by atoms with Crippen molar-refractivity contribution in [1.82, 2.24) is 4.98 Å². The maximum Gasteiger partial charge on any atom is 0.169 e. The van der Waals surface area contributed by atoms with E-state index in [1.807, 2.05) is 24.3 Å². The van der Waals surface area contributed by atoms with Crippen LogP contribution in [0.1, 0.15) is 32.0 Å².